The van der Waals surface area contributed by atoms with Crippen molar-refractivity contribution >= 4 is 50.6 Å². The minimum Gasteiger partial charge on any atom is -0.337 e. The van der Waals surface area contributed by atoms with Gasteiger partial charge in [0.2, 0.25) is 5.91 Å². The van der Waals surface area contributed by atoms with Crippen molar-refractivity contribution in [2.24, 2.45) is 7.05 Å². The summed E-state index contributed by atoms with van der Waals surface area (Å²) >= 11 is 4.43. The van der Waals surface area contributed by atoms with Crippen LogP contribution in [0.3, 0.4) is 0 Å². The highest BCUT2D eigenvalue weighted by molar-refractivity contribution is 7.99. The topological polar surface area (TPSA) is 55.2 Å². The maximum atomic E-state index is 13.0. The van der Waals surface area contributed by atoms with E-state index in [-0.39, 0.29) is 17.2 Å². The van der Waals surface area contributed by atoms with Gasteiger partial charge in [-0.2, -0.15) is 0 Å². The second kappa shape index (κ2) is 8.02. The summed E-state index contributed by atoms with van der Waals surface area (Å²) in [6, 6.07) is 12.3. The Balaban J connectivity index is 1.36. The highest BCUT2D eigenvalue weighted by Crippen LogP contribution is 2.34. The van der Waals surface area contributed by atoms with Gasteiger partial charge in [0.1, 0.15) is 4.83 Å². The predicted octanol–water partition coefficient (Wildman–Crippen LogP) is 4.40. The van der Waals surface area contributed by atoms with Crippen LogP contribution in [0.2, 0.25) is 0 Å². The second-order valence-electron chi connectivity index (χ2n) is 7.19. The Morgan fingerprint density at radius 2 is 2.00 bits per heavy atom. The third-order valence-electron chi connectivity index (χ3n) is 5.37. The maximum Gasteiger partial charge on any atom is 0.263 e. The molecular formula is C22H19N3O2S3. The lowest BCUT2D eigenvalue weighted by molar-refractivity contribution is -0.129. The van der Waals surface area contributed by atoms with Gasteiger partial charge in [0.05, 0.1) is 11.1 Å². The summed E-state index contributed by atoms with van der Waals surface area (Å²) in [5.41, 5.74) is 3.42. The Morgan fingerprint density at radius 1 is 1.17 bits per heavy atom. The van der Waals surface area contributed by atoms with Crippen molar-refractivity contribution in [3.63, 3.8) is 0 Å². The fourth-order valence-electron chi connectivity index (χ4n) is 3.72. The van der Waals surface area contributed by atoms with Gasteiger partial charge in [0.25, 0.3) is 5.56 Å². The number of rotatable bonds is 4. The number of thiophene rings is 2. The van der Waals surface area contributed by atoms with Gasteiger partial charge in [-0.15, -0.1) is 22.7 Å². The summed E-state index contributed by atoms with van der Waals surface area (Å²) in [6.45, 7) is 1.38. The molecule has 4 heterocycles. The lowest BCUT2D eigenvalue weighted by atomic mass is 10.00. The third-order valence-corrected chi connectivity index (χ3v) is 8.16. The number of amides is 1. The predicted molar refractivity (Wildman–Crippen MR) is 124 cm³/mol. The van der Waals surface area contributed by atoms with E-state index in [9.17, 15) is 9.59 Å². The van der Waals surface area contributed by atoms with E-state index in [1.54, 1.807) is 23.0 Å². The SMILES string of the molecule is Cn1c(SCC(=O)N2CCc3ccccc3C2)nc2scc(-c3cccs3)c2c1=O. The fraction of sp³-hybridized carbons (Fsp3) is 0.227. The Hall–Kier alpha value is -2.42. The molecule has 0 bridgehead atoms. The smallest absolute Gasteiger partial charge is 0.263 e. The molecule has 0 unspecified atom stereocenters. The molecule has 1 amide bonds. The molecule has 1 aromatic carbocycles. The fourth-order valence-corrected chi connectivity index (χ4v) is 6.40. The van der Waals surface area contributed by atoms with Crippen LogP contribution in [0.25, 0.3) is 20.7 Å². The van der Waals surface area contributed by atoms with Crippen molar-refractivity contribution in [1.82, 2.24) is 14.5 Å². The zero-order valence-electron chi connectivity index (χ0n) is 16.3. The first kappa shape index (κ1) is 19.5. The van der Waals surface area contributed by atoms with Crippen LogP contribution in [-0.4, -0.2) is 32.7 Å². The number of benzene rings is 1. The van der Waals surface area contributed by atoms with E-state index in [2.05, 4.69) is 12.1 Å². The van der Waals surface area contributed by atoms with Crippen LogP contribution in [0.5, 0.6) is 0 Å². The number of fused-ring (bicyclic) bond motifs is 2. The van der Waals surface area contributed by atoms with Gasteiger partial charge in [-0.05, 0) is 29.0 Å². The molecule has 0 atom stereocenters. The van der Waals surface area contributed by atoms with E-state index in [0.717, 1.165) is 28.2 Å². The van der Waals surface area contributed by atoms with Crippen LogP contribution in [0.15, 0.2) is 57.1 Å². The number of carbonyl (C=O) groups excluding carboxylic acids is 1. The molecule has 0 saturated carbocycles. The first-order valence-corrected chi connectivity index (χ1v) is 12.4. The van der Waals surface area contributed by atoms with Gasteiger partial charge in [-0.3, -0.25) is 14.2 Å². The zero-order valence-corrected chi connectivity index (χ0v) is 18.8. The molecule has 0 fully saturated rings. The number of aromatic nitrogens is 2. The molecule has 0 radical (unpaired) electrons. The average molecular weight is 454 g/mol. The maximum absolute atomic E-state index is 13.0. The van der Waals surface area contributed by atoms with Crippen molar-refractivity contribution in [1.29, 1.82) is 0 Å². The summed E-state index contributed by atoms with van der Waals surface area (Å²) in [6.07, 6.45) is 0.885. The number of nitrogens with zero attached hydrogens (tertiary/aromatic N) is 3. The third kappa shape index (κ3) is 3.49. The van der Waals surface area contributed by atoms with Gasteiger partial charge in [0, 0.05) is 36.0 Å². The molecule has 1 aliphatic rings. The van der Waals surface area contributed by atoms with E-state index in [1.807, 2.05) is 39.9 Å². The lowest BCUT2D eigenvalue weighted by Gasteiger charge is -2.28. The molecule has 4 aromatic rings. The van der Waals surface area contributed by atoms with Gasteiger partial charge >= 0.3 is 0 Å². The minimum atomic E-state index is -0.0634. The first-order valence-electron chi connectivity index (χ1n) is 9.61. The second-order valence-corrected chi connectivity index (χ2v) is 9.94. The quantitative estimate of drug-likeness (QED) is 0.339. The van der Waals surface area contributed by atoms with Crippen LogP contribution >= 0.6 is 34.4 Å². The van der Waals surface area contributed by atoms with Crippen LogP contribution in [0.4, 0.5) is 0 Å². The van der Waals surface area contributed by atoms with E-state index >= 15 is 0 Å². The molecule has 0 aliphatic carbocycles. The van der Waals surface area contributed by atoms with Crippen molar-refractivity contribution < 1.29 is 4.79 Å². The molecule has 8 heteroatoms. The number of hydrogen-bond donors (Lipinski definition) is 0. The monoisotopic (exact) mass is 453 g/mol. The number of hydrogen-bond acceptors (Lipinski definition) is 6. The van der Waals surface area contributed by atoms with Crippen molar-refractivity contribution in [2.45, 2.75) is 18.1 Å². The van der Waals surface area contributed by atoms with Crippen LogP contribution in [0.1, 0.15) is 11.1 Å². The van der Waals surface area contributed by atoms with Crippen molar-refractivity contribution in [3.8, 4) is 10.4 Å². The van der Waals surface area contributed by atoms with Gasteiger partial charge in [-0.1, -0.05) is 42.1 Å². The summed E-state index contributed by atoms with van der Waals surface area (Å²) in [4.78, 5) is 34.2. The van der Waals surface area contributed by atoms with Crippen LogP contribution in [-0.2, 0) is 24.8 Å². The molecule has 5 rings (SSSR count). The Kier molecular flexibility index (Phi) is 5.22. The average Bonchev–Trinajstić information content (AvgIpc) is 3.44. The summed E-state index contributed by atoms with van der Waals surface area (Å²) < 4.78 is 1.57. The van der Waals surface area contributed by atoms with E-state index in [4.69, 9.17) is 4.98 Å². The molecule has 152 valence electrons. The van der Waals surface area contributed by atoms with Crippen LogP contribution in [0, 0.1) is 0 Å². The summed E-state index contributed by atoms with van der Waals surface area (Å²) in [5, 5.41) is 5.24. The molecule has 0 saturated heterocycles. The van der Waals surface area contributed by atoms with E-state index < -0.39 is 0 Å². The van der Waals surface area contributed by atoms with E-state index in [1.165, 1.54) is 34.2 Å². The van der Waals surface area contributed by atoms with Crippen molar-refractivity contribution in [3.05, 3.63) is 68.6 Å². The summed E-state index contributed by atoms with van der Waals surface area (Å²) in [5.74, 6) is 0.353. The van der Waals surface area contributed by atoms with Crippen molar-refractivity contribution in [2.75, 3.05) is 12.3 Å². The number of thioether (sulfide) groups is 1. The normalized spacial score (nSPS) is 13.6. The minimum absolute atomic E-state index is 0.0634. The van der Waals surface area contributed by atoms with E-state index in [0.29, 0.717) is 17.1 Å². The first-order chi connectivity index (χ1) is 14.6. The molecule has 0 spiro atoms. The van der Waals surface area contributed by atoms with Crippen LogP contribution < -0.4 is 5.56 Å². The van der Waals surface area contributed by atoms with Gasteiger partial charge in [-0.25, -0.2) is 4.98 Å². The molecule has 30 heavy (non-hydrogen) atoms. The molecule has 3 aromatic heterocycles. The summed E-state index contributed by atoms with van der Waals surface area (Å²) in [7, 11) is 1.73. The zero-order chi connectivity index (χ0) is 20.7. The van der Waals surface area contributed by atoms with Gasteiger partial charge < -0.3 is 4.90 Å². The molecule has 5 nitrogen and oxygen atoms in total. The highest BCUT2D eigenvalue weighted by atomic mass is 32.2. The largest absolute Gasteiger partial charge is 0.337 e. The molecule has 0 N–H and O–H groups in total. The standard InChI is InChI=1S/C22H19N3O2S3/c1-24-21(27)19-16(17-7-4-10-28-17)12-29-20(19)23-22(24)30-13-18(26)25-9-8-14-5-2-3-6-15(14)11-25/h2-7,10,12H,8-9,11,13H2,1H3. The molecular weight excluding hydrogens is 434 g/mol. The van der Waals surface area contributed by atoms with Gasteiger partial charge in [0.15, 0.2) is 5.16 Å². The molecule has 1 aliphatic heterocycles. The highest BCUT2D eigenvalue weighted by Gasteiger charge is 2.22. The number of carbonyl (C=O) groups is 1. The Labute approximate surface area is 186 Å². The Bertz CT molecular complexity index is 1290. The Morgan fingerprint density at radius 3 is 2.80 bits per heavy atom. The lowest BCUT2D eigenvalue weighted by Crippen LogP contribution is -2.37.